The summed E-state index contributed by atoms with van der Waals surface area (Å²) in [5.41, 5.74) is 3.47. The van der Waals surface area contributed by atoms with Crippen LogP contribution in [0.2, 0.25) is 5.02 Å². The van der Waals surface area contributed by atoms with Gasteiger partial charge in [0.25, 0.3) is 5.91 Å². The van der Waals surface area contributed by atoms with Crippen molar-refractivity contribution in [3.8, 4) is 0 Å². The van der Waals surface area contributed by atoms with Gasteiger partial charge in [0.05, 0.1) is 15.5 Å². The first-order chi connectivity index (χ1) is 13.1. The predicted octanol–water partition coefficient (Wildman–Crippen LogP) is 4.26. The van der Waals surface area contributed by atoms with Gasteiger partial charge < -0.3 is 4.90 Å². The van der Waals surface area contributed by atoms with E-state index in [1.54, 1.807) is 25.8 Å². The van der Waals surface area contributed by atoms with Crippen LogP contribution in [0.1, 0.15) is 40.9 Å². The van der Waals surface area contributed by atoms with Gasteiger partial charge >= 0.3 is 0 Å². The monoisotopic (exact) mass is 422 g/mol. The fourth-order valence-electron chi connectivity index (χ4n) is 3.10. The Morgan fingerprint density at radius 3 is 2.25 bits per heavy atom. The number of rotatable bonds is 7. The van der Waals surface area contributed by atoms with Crippen LogP contribution in [0.5, 0.6) is 0 Å². The molecule has 5 nitrogen and oxygen atoms in total. The van der Waals surface area contributed by atoms with Crippen molar-refractivity contribution in [1.82, 2.24) is 9.21 Å². The highest BCUT2D eigenvalue weighted by Crippen LogP contribution is 2.25. The molecule has 0 unspecified atom stereocenters. The van der Waals surface area contributed by atoms with Crippen LogP contribution >= 0.6 is 11.6 Å². The minimum absolute atomic E-state index is 0.0730. The van der Waals surface area contributed by atoms with E-state index in [1.165, 1.54) is 22.5 Å². The van der Waals surface area contributed by atoms with Crippen LogP contribution in [0.15, 0.2) is 41.3 Å². The molecule has 152 valence electrons. The zero-order valence-electron chi connectivity index (χ0n) is 17.0. The molecular formula is C21H27ClN2O3S. The maximum Gasteiger partial charge on any atom is 0.255 e. The summed E-state index contributed by atoms with van der Waals surface area (Å²) in [6.45, 7) is 8.71. The van der Waals surface area contributed by atoms with Gasteiger partial charge in [-0.15, -0.1) is 0 Å². The van der Waals surface area contributed by atoms with E-state index >= 15 is 0 Å². The largest absolute Gasteiger partial charge is 0.337 e. The lowest BCUT2D eigenvalue weighted by atomic mass is 10.1. The second-order valence-electron chi connectivity index (χ2n) is 6.82. The van der Waals surface area contributed by atoms with Crippen molar-refractivity contribution in [2.75, 3.05) is 20.1 Å². The molecule has 0 bridgehead atoms. The quantitative estimate of drug-likeness (QED) is 0.669. The molecule has 0 aliphatic heterocycles. The van der Waals surface area contributed by atoms with Gasteiger partial charge in [0.1, 0.15) is 0 Å². The van der Waals surface area contributed by atoms with E-state index in [9.17, 15) is 13.2 Å². The van der Waals surface area contributed by atoms with Gasteiger partial charge in [0.15, 0.2) is 0 Å². The smallest absolute Gasteiger partial charge is 0.255 e. The number of aryl methyl sites for hydroxylation is 2. The summed E-state index contributed by atoms with van der Waals surface area (Å²) in [6, 6.07) is 10.4. The standard InChI is InChI=1S/C21H27ClN2O3S/c1-6-24(7-2)28(26,27)18-10-11-20(22)19(13-18)21(25)23(5)14-17-9-8-15(3)12-16(17)4/h8-13H,6-7,14H2,1-5H3. The van der Waals surface area contributed by atoms with Crippen LogP contribution in [0, 0.1) is 13.8 Å². The van der Waals surface area contributed by atoms with Gasteiger partial charge in [-0.3, -0.25) is 4.79 Å². The number of hydrogen-bond acceptors (Lipinski definition) is 3. The zero-order chi connectivity index (χ0) is 21.1. The second kappa shape index (κ2) is 9.07. The third kappa shape index (κ3) is 4.74. The van der Waals surface area contributed by atoms with E-state index in [4.69, 9.17) is 11.6 Å². The van der Waals surface area contributed by atoms with Gasteiger partial charge in [-0.2, -0.15) is 4.31 Å². The average molecular weight is 423 g/mol. The van der Waals surface area contributed by atoms with Crippen LogP contribution in [-0.2, 0) is 16.6 Å². The molecule has 0 saturated carbocycles. The van der Waals surface area contributed by atoms with Crippen LogP contribution in [-0.4, -0.2) is 43.7 Å². The topological polar surface area (TPSA) is 57.7 Å². The minimum Gasteiger partial charge on any atom is -0.337 e. The SMILES string of the molecule is CCN(CC)S(=O)(=O)c1ccc(Cl)c(C(=O)N(C)Cc2ccc(C)cc2C)c1. The second-order valence-corrected chi connectivity index (χ2v) is 9.17. The fourth-order valence-corrected chi connectivity index (χ4v) is 4.78. The number of benzene rings is 2. The number of carbonyl (C=O) groups excluding carboxylic acids is 1. The molecule has 2 aromatic rings. The molecule has 0 atom stereocenters. The highest BCUT2D eigenvalue weighted by Gasteiger charge is 2.25. The molecule has 0 spiro atoms. The summed E-state index contributed by atoms with van der Waals surface area (Å²) >= 11 is 6.23. The van der Waals surface area contributed by atoms with Gasteiger partial charge in [-0.05, 0) is 43.2 Å². The van der Waals surface area contributed by atoms with Crippen LogP contribution < -0.4 is 0 Å². The number of nitrogens with zero attached hydrogens (tertiary/aromatic N) is 2. The number of hydrogen-bond donors (Lipinski definition) is 0. The first-order valence-electron chi connectivity index (χ1n) is 9.23. The number of carbonyl (C=O) groups is 1. The Morgan fingerprint density at radius 2 is 1.68 bits per heavy atom. The predicted molar refractivity (Wildman–Crippen MR) is 113 cm³/mol. The van der Waals surface area contributed by atoms with Gasteiger partial charge in [0.2, 0.25) is 10.0 Å². The lowest BCUT2D eigenvalue weighted by Gasteiger charge is -2.21. The lowest BCUT2D eigenvalue weighted by Crippen LogP contribution is -2.31. The zero-order valence-corrected chi connectivity index (χ0v) is 18.6. The molecule has 0 aromatic heterocycles. The maximum atomic E-state index is 13.0. The first-order valence-corrected chi connectivity index (χ1v) is 11.0. The van der Waals surface area contributed by atoms with Crippen molar-refractivity contribution < 1.29 is 13.2 Å². The Labute approximate surface area is 173 Å². The summed E-state index contributed by atoms with van der Waals surface area (Å²) in [5, 5.41) is 0.232. The summed E-state index contributed by atoms with van der Waals surface area (Å²) < 4.78 is 26.9. The number of sulfonamides is 1. The normalized spacial score (nSPS) is 11.7. The first kappa shape index (κ1) is 22.4. The average Bonchev–Trinajstić information content (AvgIpc) is 2.64. The molecule has 2 rings (SSSR count). The molecule has 1 amide bonds. The molecule has 0 fully saturated rings. The van der Waals surface area contributed by atoms with E-state index in [1.807, 2.05) is 26.0 Å². The van der Waals surface area contributed by atoms with Crippen LogP contribution in [0.4, 0.5) is 0 Å². The van der Waals surface area contributed by atoms with E-state index in [0.717, 1.165) is 16.7 Å². The summed E-state index contributed by atoms with van der Waals surface area (Å²) in [5.74, 6) is -0.318. The highest BCUT2D eigenvalue weighted by atomic mass is 35.5. The fraction of sp³-hybridized carbons (Fsp3) is 0.381. The van der Waals surface area contributed by atoms with E-state index < -0.39 is 10.0 Å². The molecular weight excluding hydrogens is 396 g/mol. The Hall–Kier alpha value is -1.89. The minimum atomic E-state index is -3.67. The highest BCUT2D eigenvalue weighted by molar-refractivity contribution is 7.89. The van der Waals surface area contributed by atoms with E-state index in [-0.39, 0.29) is 21.4 Å². The van der Waals surface area contributed by atoms with Crippen molar-refractivity contribution in [3.05, 3.63) is 63.7 Å². The molecule has 0 heterocycles. The summed E-state index contributed by atoms with van der Waals surface area (Å²) in [4.78, 5) is 14.6. The van der Waals surface area contributed by atoms with E-state index in [2.05, 4.69) is 6.07 Å². The summed E-state index contributed by atoms with van der Waals surface area (Å²) in [6.07, 6.45) is 0. The van der Waals surface area contributed by atoms with Gasteiger partial charge in [-0.1, -0.05) is 49.2 Å². The Bertz CT molecular complexity index is 970. The van der Waals surface area contributed by atoms with Gasteiger partial charge in [0, 0.05) is 26.7 Å². The maximum absolute atomic E-state index is 13.0. The van der Waals surface area contributed by atoms with Crippen molar-refractivity contribution in [2.24, 2.45) is 0 Å². The molecule has 28 heavy (non-hydrogen) atoms. The molecule has 2 aromatic carbocycles. The number of halogens is 1. The Kier molecular flexibility index (Phi) is 7.26. The Balaban J connectivity index is 2.34. The molecule has 0 radical (unpaired) electrons. The molecule has 0 aliphatic rings. The molecule has 7 heteroatoms. The van der Waals surface area contributed by atoms with Crippen molar-refractivity contribution in [2.45, 2.75) is 39.1 Å². The number of amides is 1. The lowest BCUT2D eigenvalue weighted by molar-refractivity contribution is 0.0785. The van der Waals surface area contributed by atoms with Crippen molar-refractivity contribution in [3.63, 3.8) is 0 Å². The van der Waals surface area contributed by atoms with Crippen LogP contribution in [0.25, 0.3) is 0 Å². The molecule has 0 aliphatic carbocycles. The van der Waals surface area contributed by atoms with Crippen molar-refractivity contribution >= 4 is 27.5 Å². The third-order valence-corrected chi connectivity index (χ3v) is 7.14. The Morgan fingerprint density at radius 1 is 1.04 bits per heavy atom. The van der Waals surface area contributed by atoms with Gasteiger partial charge in [-0.25, -0.2) is 8.42 Å². The third-order valence-electron chi connectivity index (χ3n) is 4.76. The molecule has 0 saturated heterocycles. The molecule has 0 N–H and O–H groups in total. The van der Waals surface area contributed by atoms with Crippen molar-refractivity contribution in [1.29, 1.82) is 0 Å². The summed E-state index contributed by atoms with van der Waals surface area (Å²) in [7, 11) is -1.98. The van der Waals surface area contributed by atoms with Crippen LogP contribution in [0.3, 0.4) is 0 Å². The van der Waals surface area contributed by atoms with E-state index in [0.29, 0.717) is 19.6 Å².